The van der Waals surface area contributed by atoms with E-state index in [2.05, 4.69) is 0 Å². The lowest BCUT2D eigenvalue weighted by Gasteiger charge is -2.35. The summed E-state index contributed by atoms with van der Waals surface area (Å²) in [5.74, 6) is 0.405. The van der Waals surface area contributed by atoms with Crippen LogP contribution in [0, 0.1) is 13.8 Å². The van der Waals surface area contributed by atoms with Gasteiger partial charge in [-0.1, -0.05) is 0 Å². The van der Waals surface area contributed by atoms with Crippen LogP contribution in [-0.2, 0) is 10.0 Å². The van der Waals surface area contributed by atoms with Crippen molar-refractivity contribution in [2.24, 2.45) is 0 Å². The molecule has 0 saturated heterocycles. The van der Waals surface area contributed by atoms with Gasteiger partial charge in [0.05, 0.1) is 0 Å². The van der Waals surface area contributed by atoms with Crippen LogP contribution in [0.2, 0.25) is 0 Å². The molecule has 0 spiro atoms. The number of hydrogen-bond donors (Lipinski definition) is 3. The van der Waals surface area contributed by atoms with Crippen LogP contribution in [0.25, 0.3) is 0 Å². The van der Waals surface area contributed by atoms with Crippen molar-refractivity contribution < 1.29 is 15.3 Å². The topological polar surface area (TPSA) is 60.7 Å². The Bertz CT molecular complexity index is 661. The van der Waals surface area contributed by atoms with Crippen molar-refractivity contribution in [2.45, 2.75) is 23.9 Å². The number of aliphatic hydroxyl groups is 1. The van der Waals surface area contributed by atoms with Crippen molar-refractivity contribution >= 4 is 22.6 Å². The Labute approximate surface area is 131 Å². The lowest BCUT2D eigenvalue weighted by Crippen LogP contribution is -2.29. The molecule has 3 nitrogen and oxygen atoms in total. The highest BCUT2D eigenvalue weighted by Crippen LogP contribution is 2.48. The number of benzene rings is 2. The Morgan fingerprint density at radius 3 is 1.70 bits per heavy atom. The Morgan fingerprint density at radius 2 is 1.30 bits per heavy atom. The van der Waals surface area contributed by atoms with Crippen LogP contribution in [0.1, 0.15) is 33.4 Å². The molecule has 0 saturated carbocycles. The van der Waals surface area contributed by atoms with Crippen LogP contribution in [-0.4, -0.2) is 15.3 Å². The molecule has 4 heteroatoms. The van der Waals surface area contributed by atoms with E-state index in [1.54, 1.807) is 24.3 Å². The van der Waals surface area contributed by atoms with Gasteiger partial charge >= 0.3 is 0 Å². The van der Waals surface area contributed by atoms with Crippen molar-refractivity contribution in [1.29, 1.82) is 0 Å². The minimum atomic E-state index is -1.14. The molecular weight excluding hydrogens is 367 g/mol. The highest BCUT2D eigenvalue weighted by Gasteiger charge is 2.39. The van der Waals surface area contributed by atoms with Gasteiger partial charge in [0.2, 0.25) is 0 Å². The van der Waals surface area contributed by atoms with Crippen molar-refractivity contribution in [3.63, 3.8) is 0 Å². The lowest BCUT2D eigenvalue weighted by atomic mass is 9.80. The highest BCUT2D eigenvalue weighted by atomic mass is 127. The number of halogens is 1. The summed E-state index contributed by atoms with van der Waals surface area (Å²) in [6.45, 7) is 3.78. The molecule has 3 N–H and O–H groups in total. The fourth-order valence-corrected chi connectivity index (χ4v) is 4.78. The third-order valence-electron chi connectivity index (χ3n) is 3.85. The number of phenols is 2. The van der Waals surface area contributed by atoms with Crippen LogP contribution >= 0.6 is 22.6 Å². The van der Waals surface area contributed by atoms with E-state index < -0.39 is 3.61 Å². The summed E-state index contributed by atoms with van der Waals surface area (Å²) in [6.07, 6.45) is 0.598. The molecule has 2 aromatic carbocycles. The van der Waals surface area contributed by atoms with Gasteiger partial charge in [0.15, 0.2) is 3.61 Å². The number of aryl methyl sites for hydroxylation is 2. The maximum atomic E-state index is 11.0. The minimum Gasteiger partial charge on any atom is -0.508 e. The smallest absolute Gasteiger partial charge is 0.167 e. The molecular formula is C16H15IO3. The van der Waals surface area contributed by atoms with E-state index in [0.29, 0.717) is 6.42 Å². The van der Waals surface area contributed by atoms with Crippen molar-refractivity contribution in [3.05, 3.63) is 57.6 Å². The average molecular weight is 382 g/mol. The second-order valence-electron chi connectivity index (χ2n) is 5.39. The molecule has 0 aromatic heterocycles. The Balaban J connectivity index is 2.34. The maximum absolute atomic E-state index is 11.0. The molecule has 0 unspecified atom stereocenters. The quantitative estimate of drug-likeness (QED) is 0.484. The van der Waals surface area contributed by atoms with E-state index in [9.17, 15) is 15.3 Å². The number of alkyl halides is 1. The molecule has 0 atom stereocenters. The summed E-state index contributed by atoms with van der Waals surface area (Å²) in [5, 5.41) is 30.6. The van der Waals surface area contributed by atoms with E-state index in [0.717, 1.165) is 33.4 Å². The first-order chi connectivity index (χ1) is 9.30. The third-order valence-corrected chi connectivity index (χ3v) is 4.93. The normalized spacial score (nSPS) is 15.6. The second kappa shape index (κ2) is 4.36. The Hall–Kier alpha value is -1.27. The molecule has 1 aliphatic carbocycles. The standard InChI is InChI=1S/C16H15IO3/c1-8-3-12(18)6-10-5-11-7-13(19)4-9(2)15(11)16(17,20)14(8)10/h3-4,6-7,18-20H,5H2,1-2H3. The highest BCUT2D eigenvalue weighted by molar-refractivity contribution is 14.1. The van der Waals surface area contributed by atoms with Crippen LogP contribution < -0.4 is 0 Å². The SMILES string of the molecule is Cc1cc(O)cc2c1C(O)(I)c1c(C)cc(O)cc1C2. The van der Waals surface area contributed by atoms with Gasteiger partial charge in [-0.15, -0.1) is 0 Å². The van der Waals surface area contributed by atoms with Crippen molar-refractivity contribution in [2.75, 3.05) is 0 Å². The monoisotopic (exact) mass is 382 g/mol. The van der Waals surface area contributed by atoms with Gasteiger partial charge in [-0.05, 0) is 89.4 Å². The second-order valence-corrected chi connectivity index (χ2v) is 6.95. The molecule has 3 rings (SSSR count). The molecule has 0 aliphatic heterocycles. The molecule has 0 radical (unpaired) electrons. The maximum Gasteiger partial charge on any atom is 0.167 e. The van der Waals surface area contributed by atoms with E-state index >= 15 is 0 Å². The van der Waals surface area contributed by atoms with E-state index in [1.807, 2.05) is 36.4 Å². The summed E-state index contributed by atoms with van der Waals surface area (Å²) in [7, 11) is 0. The number of rotatable bonds is 0. The van der Waals surface area contributed by atoms with E-state index in [1.165, 1.54) is 0 Å². The summed E-state index contributed by atoms with van der Waals surface area (Å²) in [4.78, 5) is 0. The summed E-state index contributed by atoms with van der Waals surface area (Å²) in [6, 6.07) is 6.72. The Kier molecular flexibility index (Phi) is 2.99. The summed E-state index contributed by atoms with van der Waals surface area (Å²) in [5.41, 5.74) is 5.23. The van der Waals surface area contributed by atoms with Gasteiger partial charge in [-0.25, -0.2) is 0 Å². The van der Waals surface area contributed by atoms with Crippen LogP contribution in [0.5, 0.6) is 11.5 Å². The zero-order valence-corrected chi connectivity index (χ0v) is 13.4. The average Bonchev–Trinajstić information content (AvgIpc) is 2.24. The first-order valence-electron chi connectivity index (χ1n) is 6.38. The molecule has 104 valence electrons. The largest absolute Gasteiger partial charge is 0.508 e. The number of phenolic OH excluding ortho intramolecular Hbond substituents is 2. The molecule has 0 amide bonds. The van der Waals surface area contributed by atoms with Crippen molar-refractivity contribution in [3.8, 4) is 11.5 Å². The molecule has 0 fully saturated rings. The summed E-state index contributed by atoms with van der Waals surface area (Å²) >= 11 is 2.04. The van der Waals surface area contributed by atoms with Crippen LogP contribution in [0.15, 0.2) is 24.3 Å². The lowest BCUT2D eigenvalue weighted by molar-refractivity contribution is 0.194. The van der Waals surface area contributed by atoms with Crippen LogP contribution in [0.4, 0.5) is 0 Å². The summed E-state index contributed by atoms with van der Waals surface area (Å²) < 4.78 is -1.14. The van der Waals surface area contributed by atoms with Gasteiger partial charge < -0.3 is 15.3 Å². The van der Waals surface area contributed by atoms with Gasteiger partial charge in [0.25, 0.3) is 0 Å². The fraction of sp³-hybridized carbons (Fsp3) is 0.250. The first-order valence-corrected chi connectivity index (χ1v) is 7.46. The number of fused-ring (bicyclic) bond motifs is 2. The van der Waals surface area contributed by atoms with Gasteiger partial charge in [-0.2, -0.15) is 0 Å². The van der Waals surface area contributed by atoms with E-state index in [4.69, 9.17) is 0 Å². The van der Waals surface area contributed by atoms with Crippen LogP contribution in [0.3, 0.4) is 0 Å². The minimum absolute atomic E-state index is 0.203. The van der Waals surface area contributed by atoms with Gasteiger partial charge in [-0.3, -0.25) is 0 Å². The molecule has 20 heavy (non-hydrogen) atoms. The van der Waals surface area contributed by atoms with Gasteiger partial charge in [0, 0.05) is 11.1 Å². The zero-order chi connectivity index (χ0) is 14.7. The molecule has 0 heterocycles. The molecule has 1 aliphatic rings. The predicted octanol–water partition coefficient (Wildman–Crippen LogP) is 3.25. The van der Waals surface area contributed by atoms with Gasteiger partial charge in [0.1, 0.15) is 11.5 Å². The predicted molar refractivity (Wildman–Crippen MR) is 85.5 cm³/mol. The van der Waals surface area contributed by atoms with Crippen molar-refractivity contribution in [1.82, 2.24) is 0 Å². The molecule has 0 bridgehead atoms. The Morgan fingerprint density at radius 1 is 0.900 bits per heavy atom. The zero-order valence-electron chi connectivity index (χ0n) is 11.2. The number of hydrogen-bond acceptors (Lipinski definition) is 3. The number of aromatic hydroxyl groups is 2. The molecule has 2 aromatic rings. The van der Waals surface area contributed by atoms with E-state index in [-0.39, 0.29) is 11.5 Å². The third kappa shape index (κ3) is 1.90. The first kappa shape index (κ1) is 13.7. The fourth-order valence-electron chi connectivity index (χ4n) is 3.24.